The van der Waals surface area contributed by atoms with Crippen LogP contribution >= 0.6 is 0 Å². The summed E-state index contributed by atoms with van der Waals surface area (Å²) in [4.78, 5) is 0. The van der Waals surface area contributed by atoms with Gasteiger partial charge < -0.3 is 42.9 Å². The lowest BCUT2D eigenvalue weighted by Crippen LogP contribution is -3.00. The largest absolute Gasteiger partial charge is 1.00 e. The minimum atomic E-state index is 0. The van der Waals surface area contributed by atoms with Gasteiger partial charge in [0, 0.05) is 0 Å². The van der Waals surface area contributed by atoms with Crippen LogP contribution in [0.25, 0.3) is 0 Å². The first-order valence-electron chi connectivity index (χ1n) is 12.7. The van der Waals surface area contributed by atoms with Crippen molar-refractivity contribution < 1.29 is 42.9 Å². The summed E-state index contributed by atoms with van der Waals surface area (Å²) in [6, 6.07) is 0. The fraction of sp³-hybridized carbons (Fsp3) is 1.00. The quantitative estimate of drug-likeness (QED) is 0.177. The van der Waals surface area contributed by atoms with E-state index >= 15 is 0 Å². The fourth-order valence-corrected chi connectivity index (χ4v) is 3.44. The Balaban J connectivity index is -0.000000211. The minimum absolute atomic E-state index is 0. The number of quaternary nitrogens is 2. The van der Waals surface area contributed by atoms with E-state index in [2.05, 4.69) is 56.1 Å². The van der Waals surface area contributed by atoms with E-state index in [4.69, 9.17) is 0 Å². The molecule has 0 saturated carbocycles. The average molecular weight is 561 g/mol. The van der Waals surface area contributed by atoms with Gasteiger partial charge in [0.2, 0.25) is 0 Å². The summed E-state index contributed by atoms with van der Waals surface area (Å²) in [7, 11) is 13.7. The van der Waals surface area contributed by atoms with Crippen molar-refractivity contribution in [1.29, 1.82) is 0 Å². The Bertz CT molecular complexity index is 266. The van der Waals surface area contributed by atoms with Gasteiger partial charge in [-0.3, -0.25) is 0 Å². The Morgan fingerprint density at radius 2 is 0.533 bits per heavy atom. The van der Waals surface area contributed by atoms with E-state index in [1.54, 1.807) is 0 Å². The van der Waals surface area contributed by atoms with Gasteiger partial charge in [-0.2, -0.15) is 0 Å². The van der Waals surface area contributed by atoms with Crippen LogP contribution < -0.4 is 34.0 Å². The summed E-state index contributed by atoms with van der Waals surface area (Å²) in [6.07, 6.45) is 22.9. The van der Waals surface area contributed by atoms with Gasteiger partial charge in [-0.05, 0) is 25.7 Å². The monoisotopic (exact) mass is 558 g/mol. The van der Waals surface area contributed by atoms with Crippen LogP contribution in [0.2, 0.25) is 0 Å². The molecule has 0 aliphatic rings. The third-order valence-electron chi connectivity index (χ3n) is 5.36. The fourth-order valence-electron chi connectivity index (χ4n) is 3.44. The Labute approximate surface area is 214 Å². The molecule has 0 rings (SSSR count). The van der Waals surface area contributed by atoms with Crippen LogP contribution in [0.4, 0.5) is 0 Å². The lowest BCUT2D eigenvalue weighted by molar-refractivity contribution is -0.870. The molecule has 0 fully saturated rings. The highest BCUT2D eigenvalue weighted by Gasteiger charge is 2.05. The number of unbranched alkanes of at least 4 members (excludes halogenated alkanes) is 14. The molecule has 0 aliphatic carbocycles. The maximum atomic E-state index is 2.28. The Morgan fingerprint density at radius 1 is 0.333 bits per heavy atom. The molecule has 30 heavy (non-hydrogen) atoms. The lowest BCUT2D eigenvalue weighted by Gasteiger charge is -2.23. The van der Waals surface area contributed by atoms with E-state index in [9.17, 15) is 0 Å². The maximum Gasteiger partial charge on any atom is 0.0780 e. The van der Waals surface area contributed by atoms with Crippen LogP contribution in [-0.2, 0) is 0 Å². The third-order valence-corrected chi connectivity index (χ3v) is 5.36. The van der Waals surface area contributed by atoms with E-state index in [-0.39, 0.29) is 34.0 Å². The molecule has 0 atom stereocenters. The van der Waals surface area contributed by atoms with Gasteiger partial charge in [0.25, 0.3) is 0 Å². The van der Waals surface area contributed by atoms with Crippen LogP contribution in [0.5, 0.6) is 0 Å². The van der Waals surface area contributed by atoms with E-state index in [1.165, 1.54) is 116 Å². The number of rotatable bonds is 18. The van der Waals surface area contributed by atoms with Gasteiger partial charge >= 0.3 is 0 Å². The molecule has 0 bridgehead atoms. The van der Waals surface area contributed by atoms with Crippen molar-refractivity contribution in [3.05, 3.63) is 0 Å². The van der Waals surface area contributed by atoms with Crippen molar-refractivity contribution in [3.8, 4) is 0 Å². The summed E-state index contributed by atoms with van der Waals surface area (Å²) >= 11 is 0. The molecular weight excluding hydrogens is 500 g/mol. The molecule has 0 heterocycles. The predicted octanol–water partition coefficient (Wildman–Crippen LogP) is 1.67. The molecule has 0 N–H and O–H groups in total. The average Bonchev–Trinajstić information content (AvgIpc) is 2.58. The topological polar surface area (TPSA) is 0 Å². The van der Waals surface area contributed by atoms with Crippen LogP contribution in [-0.4, -0.2) is 64.3 Å². The summed E-state index contributed by atoms with van der Waals surface area (Å²) in [5.41, 5.74) is 0. The molecule has 0 saturated heterocycles. The van der Waals surface area contributed by atoms with Crippen molar-refractivity contribution in [1.82, 2.24) is 0 Å². The molecule has 188 valence electrons. The summed E-state index contributed by atoms with van der Waals surface area (Å²) in [5, 5.41) is 0. The summed E-state index contributed by atoms with van der Waals surface area (Å²) in [5.74, 6) is 0. The molecule has 0 amide bonds. The number of halogens is 2. The van der Waals surface area contributed by atoms with Crippen LogP contribution in [0.3, 0.4) is 0 Å². The highest BCUT2D eigenvalue weighted by atomic mass is 79.9. The SMILES string of the molecule is CCCCCCCCCC[N+](C)(C)C.CCCCCCCCCC[N+](C)(C)C.[Br-].[Br-]. The highest BCUT2D eigenvalue weighted by Crippen LogP contribution is 2.10. The molecule has 4 heteroatoms. The minimum Gasteiger partial charge on any atom is -1.00 e. The number of hydrogen-bond donors (Lipinski definition) is 0. The van der Waals surface area contributed by atoms with E-state index in [1.807, 2.05) is 0 Å². The Kier molecular flexibility index (Phi) is 33.2. The van der Waals surface area contributed by atoms with E-state index in [0.29, 0.717) is 0 Å². The smallest absolute Gasteiger partial charge is 0.0780 e. The van der Waals surface area contributed by atoms with Gasteiger partial charge in [-0.15, -0.1) is 0 Å². The molecule has 0 aromatic carbocycles. The van der Waals surface area contributed by atoms with Crippen LogP contribution in [0, 0.1) is 0 Å². The van der Waals surface area contributed by atoms with Gasteiger partial charge in [-0.1, -0.05) is 90.9 Å². The maximum absolute atomic E-state index is 2.28. The molecule has 0 aromatic rings. The molecule has 0 aromatic heterocycles. The second kappa shape index (κ2) is 26.1. The predicted molar refractivity (Wildman–Crippen MR) is 131 cm³/mol. The Morgan fingerprint density at radius 3 is 0.733 bits per heavy atom. The van der Waals surface area contributed by atoms with Crippen LogP contribution in [0.15, 0.2) is 0 Å². The second-order valence-corrected chi connectivity index (χ2v) is 11.0. The third kappa shape index (κ3) is 42.9. The first-order chi connectivity index (χ1) is 13.1. The first-order valence-corrected chi connectivity index (χ1v) is 12.7. The molecular formula is C26H60Br2N2. The zero-order valence-electron chi connectivity index (χ0n) is 22.4. The van der Waals surface area contributed by atoms with E-state index < -0.39 is 0 Å². The van der Waals surface area contributed by atoms with Crippen LogP contribution in [0.1, 0.15) is 117 Å². The molecule has 0 spiro atoms. The molecule has 0 radical (unpaired) electrons. The molecule has 0 unspecified atom stereocenters. The van der Waals surface area contributed by atoms with Gasteiger partial charge in [0.05, 0.1) is 55.4 Å². The highest BCUT2D eigenvalue weighted by molar-refractivity contribution is 4.46. The van der Waals surface area contributed by atoms with Crippen molar-refractivity contribution >= 4 is 0 Å². The van der Waals surface area contributed by atoms with Crippen molar-refractivity contribution in [2.24, 2.45) is 0 Å². The van der Waals surface area contributed by atoms with Crippen molar-refractivity contribution in [2.45, 2.75) is 117 Å². The van der Waals surface area contributed by atoms with Gasteiger partial charge in [0.1, 0.15) is 0 Å². The van der Waals surface area contributed by atoms with Gasteiger partial charge in [-0.25, -0.2) is 0 Å². The summed E-state index contributed by atoms with van der Waals surface area (Å²) < 4.78 is 2.24. The Hall–Kier alpha value is 0.880. The van der Waals surface area contributed by atoms with Crippen molar-refractivity contribution in [2.75, 3.05) is 55.4 Å². The molecule has 2 nitrogen and oxygen atoms in total. The van der Waals surface area contributed by atoms with Gasteiger partial charge in [0.15, 0.2) is 0 Å². The second-order valence-electron chi connectivity index (χ2n) is 11.0. The zero-order valence-corrected chi connectivity index (χ0v) is 25.6. The number of nitrogens with zero attached hydrogens (tertiary/aromatic N) is 2. The van der Waals surface area contributed by atoms with Crippen molar-refractivity contribution in [3.63, 3.8) is 0 Å². The lowest BCUT2D eigenvalue weighted by atomic mass is 10.1. The normalized spacial score (nSPS) is 11.2. The van der Waals surface area contributed by atoms with E-state index in [0.717, 1.165) is 8.97 Å². The standard InChI is InChI=1S/2C13H30N.2BrH/c2*1-5-6-7-8-9-10-11-12-13-14(2,3)4;;/h2*5-13H2,1-4H3;2*1H/q2*+1;;/p-2. The zero-order chi connectivity index (χ0) is 21.7. The number of hydrogen-bond acceptors (Lipinski definition) is 0. The molecule has 0 aliphatic heterocycles. The first kappa shape index (κ1) is 38.2. The summed E-state index contributed by atoms with van der Waals surface area (Å²) in [6.45, 7) is 7.21.